The number of aromatic amines is 1. The summed E-state index contributed by atoms with van der Waals surface area (Å²) in [6, 6.07) is 8.39. The van der Waals surface area contributed by atoms with Gasteiger partial charge in [-0.25, -0.2) is 9.18 Å². The van der Waals surface area contributed by atoms with Gasteiger partial charge in [-0.2, -0.15) is 0 Å². The van der Waals surface area contributed by atoms with Crippen molar-refractivity contribution in [3.05, 3.63) is 69.7 Å². The van der Waals surface area contributed by atoms with Crippen molar-refractivity contribution >= 4 is 22.6 Å². The van der Waals surface area contributed by atoms with Crippen molar-refractivity contribution in [2.75, 3.05) is 13.7 Å². The van der Waals surface area contributed by atoms with E-state index in [9.17, 15) is 19.3 Å². The number of nitro groups is 1. The maximum Gasteiger partial charge on any atom is 0.345 e. The van der Waals surface area contributed by atoms with E-state index in [0.29, 0.717) is 18.6 Å². The molecule has 0 saturated carbocycles. The topological polar surface area (TPSA) is 94.5 Å². The highest BCUT2D eigenvalue weighted by Crippen LogP contribution is 2.25. The standard InChI is InChI=1S/C19H17FN2O5/c1-26-14-5-7-18(22(24)25)16(10-14)19(23)27-8-2-3-12-11-21-17-6-4-13(20)9-15(12)17/h4-7,9-11,21H,2-3,8H2,1H3. The van der Waals surface area contributed by atoms with Gasteiger partial charge in [0.25, 0.3) is 5.69 Å². The monoisotopic (exact) mass is 372 g/mol. The maximum atomic E-state index is 13.4. The molecule has 0 unspecified atom stereocenters. The number of carbonyl (C=O) groups is 1. The van der Waals surface area contributed by atoms with E-state index in [0.717, 1.165) is 16.5 Å². The molecule has 7 nitrogen and oxygen atoms in total. The van der Waals surface area contributed by atoms with Crippen molar-refractivity contribution < 1.29 is 23.6 Å². The molecule has 140 valence electrons. The van der Waals surface area contributed by atoms with Crippen LogP contribution in [0.1, 0.15) is 22.3 Å². The largest absolute Gasteiger partial charge is 0.497 e. The van der Waals surface area contributed by atoms with Crippen LogP contribution in [0.3, 0.4) is 0 Å². The van der Waals surface area contributed by atoms with Gasteiger partial charge in [0.2, 0.25) is 0 Å². The molecule has 0 fully saturated rings. The molecule has 0 aliphatic rings. The molecule has 27 heavy (non-hydrogen) atoms. The van der Waals surface area contributed by atoms with Crippen LogP contribution in [0, 0.1) is 15.9 Å². The van der Waals surface area contributed by atoms with Crippen LogP contribution in [0.5, 0.6) is 5.75 Å². The lowest BCUT2D eigenvalue weighted by Crippen LogP contribution is -2.10. The number of aryl methyl sites for hydroxylation is 1. The Labute approximate surface area is 153 Å². The number of methoxy groups -OCH3 is 1. The van der Waals surface area contributed by atoms with E-state index in [2.05, 4.69) is 4.98 Å². The molecule has 0 amide bonds. The highest BCUT2D eigenvalue weighted by Gasteiger charge is 2.22. The molecule has 3 rings (SSSR count). The van der Waals surface area contributed by atoms with Crippen molar-refractivity contribution in [2.45, 2.75) is 12.8 Å². The van der Waals surface area contributed by atoms with Crippen LogP contribution >= 0.6 is 0 Å². The number of esters is 1. The second-order valence-corrected chi connectivity index (χ2v) is 5.88. The quantitative estimate of drug-likeness (QED) is 0.293. The zero-order chi connectivity index (χ0) is 19.4. The van der Waals surface area contributed by atoms with Crippen molar-refractivity contribution in [1.82, 2.24) is 4.98 Å². The van der Waals surface area contributed by atoms with Crippen LogP contribution in [0.4, 0.5) is 10.1 Å². The van der Waals surface area contributed by atoms with Gasteiger partial charge in [-0.3, -0.25) is 10.1 Å². The molecule has 1 aromatic heterocycles. The minimum atomic E-state index is -0.787. The van der Waals surface area contributed by atoms with Crippen LogP contribution in [-0.4, -0.2) is 29.6 Å². The molecule has 0 spiro atoms. The Kier molecular flexibility index (Phi) is 5.35. The third kappa shape index (κ3) is 4.05. The number of nitro benzene ring substituents is 1. The Hall–Kier alpha value is -3.42. The van der Waals surface area contributed by atoms with Gasteiger partial charge in [-0.05, 0) is 42.7 Å². The van der Waals surface area contributed by atoms with E-state index in [1.165, 1.54) is 37.4 Å². The van der Waals surface area contributed by atoms with Crippen LogP contribution < -0.4 is 4.74 Å². The lowest BCUT2D eigenvalue weighted by molar-refractivity contribution is -0.385. The zero-order valence-corrected chi connectivity index (χ0v) is 14.5. The first kappa shape index (κ1) is 18.4. The normalized spacial score (nSPS) is 10.7. The fourth-order valence-electron chi connectivity index (χ4n) is 2.83. The van der Waals surface area contributed by atoms with Crippen molar-refractivity contribution in [1.29, 1.82) is 0 Å². The Morgan fingerprint density at radius 2 is 2.07 bits per heavy atom. The zero-order valence-electron chi connectivity index (χ0n) is 14.5. The maximum absolute atomic E-state index is 13.4. The number of hydrogen-bond acceptors (Lipinski definition) is 5. The van der Waals surface area contributed by atoms with Crippen molar-refractivity contribution in [3.8, 4) is 5.75 Å². The average Bonchev–Trinajstić information content (AvgIpc) is 3.06. The SMILES string of the molecule is COc1ccc([N+](=O)[O-])c(C(=O)OCCCc2c[nH]c3ccc(F)cc23)c1. The first-order valence-corrected chi connectivity index (χ1v) is 8.24. The average molecular weight is 372 g/mol. The van der Waals surface area contributed by atoms with Crippen LogP contribution in [0.15, 0.2) is 42.6 Å². The van der Waals surface area contributed by atoms with Gasteiger partial charge in [0.05, 0.1) is 18.6 Å². The summed E-state index contributed by atoms with van der Waals surface area (Å²) < 4.78 is 23.6. The van der Waals surface area contributed by atoms with Gasteiger partial charge in [-0.1, -0.05) is 0 Å². The van der Waals surface area contributed by atoms with E-state index in [-0.39, 0.29) is 23.7 Å². The van der Waals surface area contributed by atoms with Crippen LogP contribution in [0.2, 0.25) is 0 Å². The van der Waals surface area contributed by atoms with E-state index >= 15 is 0 Å². The number of aromatic nitrogens is 1. The second-order valence-electron chi connectivity index (χ2n) is 5.88. The number of carbonyl (C=O) groups excluding carboxylic acids is 1. The Morgan fingerprint density at radius 3 is 2.81 bits per heavy atom. The number of benzene rings is 2. The first-order chi connectivity index (χ1) is 13.0. The number of rotatable bonds is 7. The second kappa shape index (κ2) is 7.86. The molecule has 0 saturated heterocycles. The first-order valence-electron chi connectivity index (χ1n) is 8.24. The molecule has 0 aliphatic heterocycles. The molecular weight excluding hydrogens is 355 g/mol. The Bertz CT molecular complexity index is 999. The van der Waals surface area contributed by atoms with Gasteiger partial charge >= 0.3 is 5.97 Å². The van der Waals surface area contributed by atoms with Gasteiger partial charge < -0.3 is 14.5 Å². The minimum Gasteiger partial charge on any atom is -0.497 e. The molecule has 0 aliphatic carbocycles. The summed E-state index contributed by atoms with van der Waals surface area (Å²) in [7, 11) is 1.40. The van der Waals surface area contributed by atoms with E-state index in [4.69, 9.17) is 9.47 Å². The third-order valence-corrected chi connectivity index (χ3v) is 4.17. The van der Waals surface area contributed by atoms with Crippen molar-refractivity contribution in [2.24, 2.45) is 0 Å². The summed E-state index contributed by atoms with van der Waals surface area (Å²) in [4.78, 5) is 25.7. The molecule has 3 aromatic rings. The number of fused-ring (bicyclic) bond motifs is 1. The number of nitrogens with one attached hydrogen (secondary N) is 1. The predicted octanol–water partition coefficient (Wildman–Crippen LogP) is 4.01. The summed E-state index contributed by atoms with van der Waals surface area (Å²) >= 11 is 0. The van der Waals surface area contributed by atoms with Gasteiger partial charge in [0.1, 0.15) is 17.1 Å². The smallest absolute Gasteiger partial charge is 0.345 e. The fourth-order valence-corrected chi connectivity index (χ4v) is 2.83. The van der Waals surface area contributed by atoms with E-state index in [1.807, 2.05) is 0 Å². The van der Waals surface area contributed by atoms with Crippen LogP contribution in [-0.2, 0) is 11.2 Å². The number of hydrogen-bond donors (Lipinski definition) is 1. The minimum absolute atomic E-state index is 0.0786. The summed E-state index contributed by atoms with van der Waals surface area (Å²) in [6.07, 6.45) is 2.85. The molecular formula is C19H17FN2O5. The molecule has 1 N–H and O–H groups in total. The third-order valence-electron chi connectivity index (χ3n) is 4.17. The fraction of sp³-hybridized carbons (Fsp3) is 0.211. The van der Waals surface area contributed by atoms with Gasteiger partial charge in [0.15, 0.2) is 0 Å². The summed E-state index contributed by atoms with van der Waals surface area (Å²) in [5, 5.41) is 11.9. The van der Waals surface area contributed by atoms with Gasteiger partial charge in [0, 0.05) is 29.2 Å². The lowest BCUT2D eigenvalue weighted by atomic mass is 10.1. The molecule has 1 heterocycles. The van der Waals surface area contributed by atoms with E-state index in [1.54, 1.807) is 12.3 Å². The lowest BCUT2D eigenvalue weighted by Gasteiger charge is -2.07. The highest BCUT2D eigenvalue weighted by atomic mass is 19.1. The van der Waals surface area contributed by atoms with E-state index < -0.39 is 10.9 Å². The summed E-state index contributed by atoms with van der Waals surface area (Å²) in [5.41, 5.74) is 1.24. The molecule has 2 aromatic carbocycles. The molecule has 0 radical (unpaired) electrons. The Balaban J connectivity index is 1.63. The number of H-pyrrole nitrogens is 1. The predicted molar refractivity (Wildman–Crippen MR) is 96.5 cm³/mol. The summed E-state index contributed by atoms with van der Waals surface area (Å²) in [6.45, 7) is 0.0786. The molecule has 0 atom stereocenters. The van der Waals surface area contributed by atoms with Crippen LogP contribution in [0.25, 0.3) is 10.9 Å². The number of nitrogens with zero attached hydrogens (tertiary/aromatic N) is 1. The Morgan fingerprint density at radius 1 is 1.26 bits per heavy atom. The van der Waals surface area contributed by atoms with Gasteiger partial charge in [-0.15, -0.1) is 0 Å². The highest BCUT2D eigenvalue weighted by molar-refractivity contribution is 5.94. The van der Waals surface area contributed by atoms with Crippen molar-refractivity contribution in [3.63, 3.8) is 0 Å². The molecule has 8 heteroatoms. The number of halogens is 1. The molecule has 0 bridgehead atoms. The summed E-state index contributed by atoms with van der Waals surface area (Å²) in [5.74, 6) is -0.779. The number of ether oxygens (including phenoxy) is 2.